The Balaban J connectivity index is 1.48. The van der Waals surface area contributed by atoms with E-state index >= 15 is 0 Å². The van der Waals surface area contributed by atoms with Gasteiger partial charge in [0.15, 0.2) is 5.43 Å². The lowest BCUT2D eigenvalue weighted by Gasteiger charge is -2.36. The fourth-order valence-corrected chi connectivity index (χ4v) is 3.98. The van der Waals surface area contributed by atoms with Crippen molar-refractivity contribution in [1.29, 1.82) is 0 Å². The van der Waals surface area contributed by atoms with Crippen molar-refractivity contribution >= 4 is 16.6 Å². The quantitative estimate of drug-likeness (QED) is 0.778. The predicted molar refractivity (Wildman–Crippen MR) is 111 cm³/mol. The zero-order valence-corrected chi connectivity index (χ0v) is 16.2. The number of pyridine rings is 2. The van der Waals surface area contributed by atoms with Gasteiger partial charge in [0.05, 0.1) is 5.52 Å². The topological polar surface area (TPSA) is 52.2 Å². The van der Waals surface area contributed by atoms with Crippen LogP contribution in [0.4, 0.5) is 5.69 Å². The summed E-state index contributed by atoms with van der Waals surface area (Å²) in [4.78, 5) is 25.2. The molecule has 140 valence electrons. The molecule has 1 N–H and O–H groups in total. The molecule has 0 aliphatic carbocycles. The van der Waals surface area contributed by atoms with E-state index in [1.165, 1.54) is 5.69 Å². The molecule has 3 aromatic rings. The standard InChI is InChI=1S/C22H26N4O/c1-15-10-16(2)22-20(11-15)21(27)13-18(24-22)14-25-6-8-26(9-7-25)19-4-5-23-17(3)12-19/h4-5,10-13H,6-9,14H2,1-3H3,(H,24,27). The number of rotatable bonds is 3. The molecule has 0 amide bonds. The van der Waals surface area contributed by atoms with E-state index in [0.29, 0.717) is 0 Å². The fraction of sp³-hybridized carbons (Fsp3) is 0.364. The molecule has 4 rings (SSSR count). The normalized spacial score (nSPS) is 15.4. The van der Waals surface area contributed by atoms with Crippen LogP contribution in [0.2, 0.25) is 0 Å². The molecule has 1 fully saturated rings. The summed E-state index contributed by atoms with van der Waals surface area (Å²) in [5.41, 5.74) is 6.61. The molecule has 5 nitrogen and oxygen atoms in total. The van der Waals surface area contributed by atoms with Gasteiger partial charge in [-0.1, -0.05) is 6.07 Å². The van der Waals surface area contributed by atoms with Crippen molar-refractivity contribution in [2.75, 3.05) is 31.1 Å². The van der Waals surface area contributed by atoms with Crippen LogP contribution in [0.15, 0.2) is 41.3 Å². The van der Waals surface area contributed by atoms with Crippen molar-refractivity contribution in [3.05, 3.63) is 69.3 Å². The summed E-state index contributed by atoms with van der Waals surface area (Å²) in [5, 5.41) is 0.786. The van der Waals surface area contributed by atoms with Crippen molar-refractivity contribution in [2.45, 2.75) is 27.3 Å². The third-order valence-corrected chi connectivity index (χ3v) is 5.35. The minimum Gasteiger partial charge on any atom is -0.369 e. The predicted octanol–water partition coefficient (Wildman–Crippen LogP) is 3.17. The highest BCUT2D eigenvalue weighted by Crippen LogP contribution is 2.19. The van der Waals surface area contributed by atoms with E-state index in [0.717, 1.165) is 66.1 Å². The molecule has 0 spiro atoms. The highest BCUT2D eigenvalue weighted by molar-refractivity contribution is 5.82. The first-order valence-corrected chi connectivity index (χ1v) is 9.53. The lowest BCUT2D eigenvalue weighted by molar-refractivity contribution is 0.247. The van der Waals surface area contributed by atoms with Crippen LogP contribution >= 0.6 is 0 Å². The monoisotopic (exact) mass is 362 g/mol. The van der Waals surface area contributed by atoms with Crippen LogP contribution in [0.1, 0.15) is 22.5 Å². The molecule has 0 radical (unpaired) electrons. The van der Waals surface area contributed by atoms with Crippen LogP contribution in [-0.2, 0) is 6.54 Å². The first-order valence-electron chi connectivity index (χ1n) is 9.53. The summed E-state index contributed by atoms with van der Waals surface area (Å²) in [7, 11) is 0. The third-order valence-electron chi connectivity index (χ3n) is 5.35. The largest absolute Gasteiger partial charge is 0.369 e. The maximum absolute atomic E-state index is 12.6. The van der Waals surface area contributed by atoms with Gasteiger partial charge in [-0.25, -0.2) is 0 Å². The summed E-state index contributed by atoms with van der Waals surface area (Å²) in [6.45, 7) is 10.8. The summed E-state index contributed by atoms with van der Waals surface area (Å²) < 4.78 is 0. The molecule has 0 saturated carbocycles. The molecule has 1 saturated heterocycles. The third kappa shape index (κ3) is 3.74. The maximum atomic E-state index is 12.6. The van der Waals surface area contributed by atoms with Crippen LogP contribution in [0.3, 0.4) is 0 Å². The summed E-state index contributed by atoms with van der Waals surface area (Å²) in [6, 6.07) is 10.1. The van der Waals surface area contributed by atoms with Crippen molar-refractivity contribution in [2.24, 2.45) is 0 Å². The first kappa shape index (κ1) is 17.7. The van der Waals surface area contributed by atoms with Crippen LogP contribution < -0.4 is 10.3 Å². The van der Waals surface area contributed by atoms with Gasteiger partial charge in [-0.2, -0.15) is 0 Å². The van der Waals surface area contributed by atoms with Crippen molar-refractivity contribution < 1.29 is 0 Å². The van der Waals surface area contributed by atoms with E-state index < -0.39 is 0 Å². The number of benzene rings is 1. The van der Waals surface area contributed by atoms with Gasteiger partial charge in [0, 0.05) is 67.4 Å². The Morgan fingerprint density at radius 2 is 1.81 bits per heavy atom. The molecule has 1 aromatic carbocycles. The second-order valence-electron chi connectivity index (χ2n) is 7.58. The second kappa shape index (κ2) is 7.16. The lowest BCUT2D eigenvalue weighted by atomic mass is 10.1. The van der Waals surface area contributed by atoms with Crippen molar-refractivity contribution in [3.8, 4) is 0 Å². The zero-order valence-electron chi connectivity index (χ0n) is 16.2. The number of piperazine rings is 1. The highest BCUT2D eigenvalue weighted by Gasteiger charge is 2.18. The van der Waals surface area contributed by atoms with Gasteiger partial charge in [0.25, 0.3) is 0 Å². The first-order chi connectivity index (χ1) is 13.0. The Morgan fingerprint density at radius 3 is 2.56 bits per heavy atom. The van der Waals surface area contributed by atoms with Crippen LogP contribution in [-0.4, -0.2) is 41.0 Å². The molecule has 27 heavy (non-hydrogen) atoms. The van der Waals surface area contributed by atoms with E-state index in [4.69, 9.17) is 0 Å². The minimum atomic E-state index is 0.108. The second-order valence-corrected chi connectivity index (χ2v) is 7.58. The molecule has 1 aliphatic heterocycles. The molecular weight excluding hydrogens is 336 g/mol. The lowest BCUT2D eigenvalue weighted by Crippen LogP contribution is -2.46. The maximum Gasteiger partial charge on any atom is 0.189 e. The molecule has 3 heterocycles. The number of hydrogen-bond acceptors (Lipinski definition) is 4. The van der Waals surface area contributed by atoms with E-state index in [2.05, 4.69) is 44.9 Å². The van der Waals surface area contributed by atoms with Crippen molar-refractivity contribution in [3.63, 3.8) is 0 Å². The molecule has 1 aliphatic rings. The Hall–Kier alpha value is -2.66. The smallest absolute Gasteiger partial charge is 0.189 e. The van der Waals surface area contributed by atoms with Gasteiger partial charge in [0.1, 0.15) is 0 Å². The van der Waals surface area contributed by atoms with Gasteiger partial charge in [-0.05, 0) is 50.1 Å². The number of H-pyrrole nitrogens is 1. The SMILES string of the molecule is Cc1cc(C)c2[nH]c(CN3CCN(c4ccnc(C)c4)CC3)cc(=O)c2c1. The number of fused-ring (bicyclic) bond motifs is 1. The molecule has 2 aromatic heterocycles. The zero-order chi connectivity index (χ0) is 19.0. The number of anilines is 1. The fourth-order valence-electron chi connectivity index (χ4n) is 3.98. The van der Waals surface area contributed by atoms with Crippen LogP contribution in [0.25, 0.3) is 10.9 Å². The Labute approximate surface area is 159 Å². The molecule has 0 atom stereocenters. The van der Waals surface area contributed by atoms with Gasteiger partial charge in [-0.15, -0.1) is 0 Å². The number of aromatic nitrogens is 2. The number of nitrogens with zero attached hydrogens (tertiary/aromatic N) is 3. The Bertz CT molecular complexity index is 1030. The number of aromatic amines is 1. The number of nitrogens with one attached hydrogen (secondary N) is 1. The summed E-state index contributed by atoms with van der Waals surface area (Å²) in [6.07, 6.45) is 1.88. The van der Waals surface area contributed by atoms with Crippen molar-refractivity contribution in [1.82, 2.24) is 14.9 Å². The summed E-state index contributed by atoms with van der Waals surface area (Å²) in [5.74, 6) is 0. The minimum absolute atomic E-state index is 0.108. The van der Waals surface area contributed by atoms with E-state index in [-0.39, 0.29) is 5.43 Å². The number of aryl methyl sites for hydroxylation is 3. The molecule has 0 bridgehead atoms. The average Bonchev–Trinajstić information content (AvgIpc) is 2.63. The Kier molecular flexibility index (Phi) is 4.70. The van der Waals surface area contributed by atoms with Crippen LogP contribution in [0, 0.1) is 20.8 Å². The van der Waals surface area contributed by atoms with E-state index in [1.807, 2.05) is 26.1 Å². The number of hydrogen-bond donors (Lipinski definition) is 1. The van der Waals surface area contributed by atoms with Gasteiger partial charge < -0.3 is 9.88 Å². The highest BCUT2D eigenvalue weighted by atomic mass is 16.1. The molecular formula is C22H26N4O. The van der Waals surface area contributed by atoms with Gasteiger partial charge in [0.2, 0.25) is 0 Å². The Morgan fingerprint density at radius 1 is 1.04 bits per heavy atom. The average molecular weight is 362 g/mol. The van der Waals surface area contributed by atoms with Gasteiger partial charge >= 0.3 is 0 Å². The molecule has 5 heteroatoms. The van der Waals surface area contributed by atoms with E-state index in [1.54, 1.807) is 6.07 Å². The van der Waals surface area contributed by atoms with E-state index in [9.17, 15) is 4.79 Å². The summed E-state index contributed by atoms with van der Waals surface area (Å²) >= 11 is 0. The van der Waals surface area contributed by atoms with Crippen LogP contribution in [0.5, 0.6) is 0 Å². The van der Waals surface area contributed by atoms with Gasteiger partial charge in [-0.3, -0.25) is 14.7 Å². The molecule has 0 unspecified atom stereocenters.